The van der Waals surface area contributed by atoms with Crippen molar-refractivity contribution in [2.75, 3.05) is 0 Å². The van der Waals surface area contributed by atoms with Crippen LogP contribution in [0.4, 0.5) is 35.1 Å². The lowest BCUT2D eigenvalue weighted by atomic mass is 10.1. The maximum atomic E-state index is 14.9. The zero-order valence-corrected chi connectivity index (χ0v) is 24.1. The van der Waals surface area contributed by atoms with Crippen LogP contribution >= 0.6 is 0 Å². The Morgan fingerprint density at radius 1 is 0.354 bits per heavy atom. The molecule has 8 nitrogen and oxygen atoms in total. The van der Waals surface area contributed by atoms with Crippen molar-refractivity contribution in [2.24, 2.45) is 0 Å². The molecule has 0 radical (unpaired) electrons. The molecule has 0 aromatic heterocycles. The van der Waals surface area contributed by atoms with E-state index < -0.39 is 119 Å². The number of hydrogen-bond acceptors (Lipinski definition) is 4. The lowest BCUT2D eigenvalue weighted by Crippen LogP contribution is -2.29. The van der Waals surface area contributed by atoms with Crippen LogP contribution in [-0.2, 0) is 26.2 Å². The van der Waals surface area contributed by atoms with E-state index in [0.29, 0.717) is 0 Å². The average Bonchev–Trinajstić information content (AvgIpc) is 3.09. The molecule has 4 heterocycles. The van der Waals surface area contributed by atoms with Gasteiger partial charge in [0.05, 0.1) is 0 Å². The Morgan fingerprint density at radius 3 is 0.729 bits per heavy atom. The molecule has 0 saturated carbocycles. The van der Waals surface area contributed by atoms with Crippen molar-refractivity contribution in [3.63, 3.8) is 0 Å². The summed E-state index contributed by atoms with van der Waals surface area (Å²) in [5.74, 6) is -19.1. The van der Waals surface area contributed by atoms with E-state index in [1.54, 1.807) is 0 Å². The van der Waals surface area contributed by atoms with Gasteiger partial charge in [-0.2, -0.15) is 0 Å². The minimum Gasteiger partial charge on any atom is -0.348 e. The van der Waals surface area contributed by atoms with Gasteiger partial charge in [-0.1, -0.05) is 12.1 Å². The third-order valence-corrected chi connectivity index (χ3v) is 7.37. The van der Waals surface area contributed by atoms with E-state index in [1.807, 2.05) is 0 Å². The second-order valence-corrected chi connectivity index (χ2v) is 10.3. The van der Waals surface area contributed by atoms with E-state index in [-0.39, 0.29) is 22.3 Å². The molecule has 0 saturated heterocycles. The normalized spacial score (nSPS) is 14.3. The van der Waals surface area contributed by atoms with E-state index in [0.717, 1.165) is 36.4 Å². The third-order valence-electron chi connectivity index (χ3n) is 7.37. The number of rotatable bonds is 0. The highest BCUT2D eigenvalue weighted by Crippen LogP contribution is 2.26. The molecule has 248 valence electrons. The van der Waals surface area contributed by atoms with Gasteiger partial charge in [0.25, 0.3) is 23.6 Å². The Balaban J connectivity index is 1.53. The van der Waals surface area contributed by atoms with Crippen LogP contribution in [0, 0.1) is 46.5 Å². The third kappa shape index (κ3) is 6.41. The second kappa shape index (κ2) is 13.5. The topological polar surface area (TPSA) is 116 Å². The van der Waals surface area contributed by atoms with E-state index in [4.69, 9.17) is 0 Å². The fourth-order valence-corrected chi connectivity index (χ4v) is 4.75. The first kappa shape index (κ1) is 33.6. The average molecular weight is 677 g/mol. The molecule has 0 unspecified atom stereocenters. The van der Waals surface area contributed by atoms with Crippen molar-refractivity contribution in [2.45, 2.75) is 26.2 Å². The maximum absolute atomic E-state index is 14.9. The van der Waals surface area contributed by atoms with Gasteiger partial charge < -0.3 is 21.3 Å². The molecule has 0 spiro atoms. The molecule has 48 heavy (non-hydrogen) atoms. The molecule has 16 heteroatoms. The number of carbonyl (C=O) groups is 4. The minimum atomic E-state index is -1.85. The first-order valence-corrected chi connectivity index (χ1v) is 13.8. The van der Waals surface area contributed by atoms with Crippen LogP contribution < -0.4 is 21.3 Å². The largest absolute Gasteiger partial charge is 0.348 e. The van der Waals surface area contributed by atoms with Crippen LogP contribution in [0.5, 0.6) is 0 Å². The summed E-state index contributed by atoms with van der Waals surface area (Å²) in [6.07, 6.45) is 0. The molecule has 0 atom stereocenters. The number of nitrogens with one attached hydrogen (secondary N) is 4. The summed E-state index contributed by atoms with van der Waals surface area (Å²) in [6.45, 7) is -4.25. The highest BCUT2D eigenvalue weighted by atomic mass is 19.2. The lowest BCUT2D eigenvalue weighted by Gasteiger charge is -2.15. The van der Waals surface area contributed by atoms with Crippen molar-refractivity contribution in [3.05, 3.63) is 140 Å². The molecular formula is C32H20F8N4O4. The molecule has 8 rings (SSSR count). The predicted molar refractivity (Wildman–Crippen MR) is 150 cm³/mol. The molecule has 8 bridgehead atoms. The standard InChI is InChI=1S/C32H20F8N4O4/c33-21-17-9-41-29(45)13-3-1-4-14(7-13)30(46)42-10-18-23(35)27(39)20(28(40)24(18)36)12-44-32(48)16-6-2-5-15(8-16)31(47)43-11-19(25(21)37)26(38)22(17)34/h1-8H,9-12H2,(H,41,45)(H,42,46)(H,43,47)(H,44,48). The summed E-state index contributed by atoms with van der Waals surface area (Å²) in [6, 6.07) is 8.86. The summed E-state index contributed by atoms with van der Waals surface area (Å²) in [5.41, 5.74) is -5.97. The number of carbonyl (C=O) groups excluding carboxylic acids is 4. The lowest BCUT2D eigenvalue weighted by molar-refractivity contribution is 0.0933. The van der Waals surface area contributed by atoms with E-state index in [1.165, 1.54) is 12.1 Å². The van der Waals surface area contributed by atoms with Crippen LogP contribution in [0.15, 0.2) is 48.5 Å². The first-order chi connectivity index (χ1) is 22.8. The quantitative estimate of drug-likeness (QED) is 0.158. The van der Waals surface area contributed by atoms with Crippen molar-refractivity contribution in [3.8, 4) is 0 Å². The van der Waals surface area contributed by atoms with Crippen LogP contribution in [0.25, 0.3) is 0 Å². The van der Waals surface area contributed by atoms with Gasteiger partial charge in [0.15, 0.2) is 46.5 Å². The van der Waals surface area contributed by atoms with Crippen LogP contribution in [0.1, 0.15) is 63.7 Å². The molecule has 4 aromatic rings. The maximum Gasteiger partial charge on any atom is 0.251 e. The smallest absolute Gasteiger partial charge is 0.251 e. The van der Waals surface area contributed by atoms with E-state index >= 15 is 0 Å². The van der Waals surface area contributed by atoms with Gasteiger partial charge >= 0.3 is 0 Å². The van der Waals surface area contributed by atoms with Gasteiger partial charge in [-0.3, -0.25) is 19.2 Å². The molecule has 4 aliphatic heterocycles. The van der Waals surface area contributed by atoms with Crippen molar-refractivity contribution in [1.82, 2.24) is 21.3 Å². The summed E-state index contributed by atoms with van der Waals surface area (Å²) < 4.78 is 119. The number of benzene rings is 4. The monoisotopic (exact) mass is 676 g/mol. The Hall–Kier alpha value is -5.80. The zero-order chi connectivity index (χ0) is 34.9. The summed E-state index contributed by atoms with van der Waals surface area (Å²) >= 11 is 0. The van der Waals surface area contributed by atoms with Crippen LogP contribution in [-0.4, -0.2) is 23.6 Å². The number of hydrogen-bond donors (Lipinski definition) is 4. The van der Waals surface area contributed by atoms with Crippen LogP contribution in [0.3, 0.4) is 0 Å². The number of amides is 4. The second-order valence-electron chi connectivity index (χ2n) is 10.3. The van der Waals surface area contributed by atoms with Crippen molar-refractivity contribution in [1.29, 1.82) is 0 Å². The highest BCUT2D eigenvalue weighted by Gasteiger charge is 2.28. The fourth-order valence-electron chi connectivity index (χ4n) is 4.75. The Bertz CT molecular complexity index is 1690. The molecule has 0 fully saturated rings. The summed E-state index contributed by atoms with van der Waals surface area (Å²) in [5, 5.41) is 8.20. The van der Waals surface area contributed by atoms with Gasteiger partial charge in [0, 0.05) is 70.7 Å². The molecule has 4 aromatic carbocycles. The van der Waals surface area contributed by atoms with E-state index in [2.05, 4.69) is 21.3 Å². The Kier molecular flexibility index (Phi) is 9.45. The van der Waals surface area contributed by atoms with Gasteiger partial charge in [0.2, 0.25) is 0 Å². The zero-order valence-electron chi connectivity index (χ0n) is 24.1. The van der Waals surface area contributed by atoms with Gasteiger partial charge in [0.1, 0.15) is 0 Å². The predicted octanol–water partition coefficient (Wildman–Crippen LogP) is 4.83. The molecule has 4 amide bonds. The molecule has 0 aliphatic carbocycles. The minimum absolute atomic E-state index is 0.296. The SMILES string of the molecule is O=C1NCc2c(F)c(F)c(c(F)c2F)CNC(=O)c2cccc(c2)C(=O)NCc2c(F)c(F)c(c(F)c2F)CNC(=O)c2cccc1c2. The summed E-state index contributed by atoms with van der Waals surface area (Å²) in [7, 11) is 0. The Morgan fingerprint density at radius 2 is 0.542 bits per heavy atom. The van der Waals surface area contributed by atoms with Gasteiger partial charge in [-0.25, -0.2) is 35.1 Å². The molecule has 4 aliphatic rings. The Labute approximate surface area is 265 Å². The van der Waals surface area contributed by atoms with Crippen LogP contribution in [0.2, 0.25) is 0 Å². The molecule has 4 N–H and O–H groups in total. The van der Waals surface area contributed by atoms with E-state index in [9.17, 15) is 54.3 Å². The highest BCUT2D eigenvalue weighted by molar-refractivity contribution is 6.00. The van der Waals surface area contributed by atoms with Crippen molar-refractivity contribution < 1.29 is 54.3 Å². The van der Waals surface area contributed by atoms with Crippen molar-refractivity contribution >= 4 is 23.6 Å². The van der Waals surface area contributed by atoms with Gasteiger partial charge in [-0.15, -0.1) is 0 Å². The fraction of sp³-hybridized carbons (Fsp3) is 0.125. The summed E-state index contributed by atoms with van der Waals surface area (Å²) in [4.78, 5) is 50.7. The first-order valence-electron chi connectivity index (χ1n) is 13.8. The molecular weight excluding hydrogens is 656 g/mol. The van der Waals surface area contributed by atoms with Gasteiger partial charge in [-0.05, 0) is 36.4 Å². The number of halogens is 8.